The summed E-state index contributed by atoms with van der Waals surface area (Å²) in [5, 5.41) is 9.32. The van der Waals surface area contributed by atoms with Gasteiger partial charge in [-0.15, -0.1) is 12.3 Å². The Morgan fingerprint density at radius 3 is 2.61 bits per heavy atom. The highest BCUT2D eigenvalue weighted by atomic mass is 16.4. The van der Waals surface area contributed by atoms with Crippen LogP contribution in [0.3, 0.4) is 0 Å². The van der Waals surface area contributed by atoms with Crippen molar-refractivity contribution in [2.75, 3.05) is 6.54 Å². The average molecular weight is 243 g/mol. The van der Waals surface area contributed by atoms with Gasteiger partial charge >= 0.3 is 5.97 Å². The first-order chi connectivity index (χ1) is 8.63. The number of carbonyl (C=O) groups is 2. The van der Waals surface area contributed by atoms with E-state index in [2.05, 4.69) is 5.92 Å². The Hall–Kier alpha value is -2.28. The molecule has 0 spiro atoms. The standard InChI is InChI=1S/C14H13NO3/c1-2-10-8-12(16)15(9-10)13(14(17)18)11-6-4-3-5-7-11/h1,3-7,10,13H,8-9H2,(H,17,18)/t10?,13-/m1/s1. The second-order valence-corrected chi connectivity index (χ2v) is 4.27. The third-order valence-electron chi connectivity index (χ3n) is 3.06. The number of terminal acetylenes is 1. The van der Waals surface area contributed by atoms with Crippen molar-refractivity contribution < 1.29 is 14.7 Å². The van der Waals surface area contributed by atoms with E-state index >= 15 is 0 Å². The zero-order valence-corrected chi connectivity index (χ0v) is 9.74. The maximum absolute atomic E-state index is 11.8. The number of nitrogens with zero attached hydrogens (tertiary/aromatic N) is 1. The van der Waals surface area contributed by atoms with E-state index in [1.165, 1.54) is 4.90 Å². The summed E-state index contributed by atoms with van der Waals surface area (Å²) in [5.41, 5.74) is 0.594. The number of hydrogen-bond donors (Lipinski definition) is 1. The number of benzene rings is 1. The fourth-order valence-electron chi connectivity index (χ4n) is 2.18. The molecule has 0 aromatic heterocycles. The van der Waals surface area contributed by atoms with Crippen LogP contribution in [-0.2, 0) is 9.59 Å². The molecule has 18 heavy (non-hydrogen) atoms. The van der Waals surface area contributed by atoms with Crippen LogP contribution < -0.4 is 0 Å². The predicted molar refractivity (Wildman–Crippen MR) is 65.5 cm³/mol. The lowest BCUT2D eigenvalue weighted by Gasteiger charge is -2.24. The van der Waals surface area contributed by atoms with Gasteiger partial charge in [0.25, 0.3) is 0 Å². The van der Waals surface area contributed by atoms with Gasteiger partial charge in [0.2, 0.25) is 5.91 Å². The number of carboxylic acid groups (broad SMARTS) is 1. The number of hydrogen-bond acceptors (Lipinski definition) is 2. The van der Waals surface area contributed by atoms with Gasteiger partial charge in [-0.2, -0.15) is 0 Å². The molecule has 1 aromatic rings. The molecule has 0 aliphatic carbocycles. The number of aliphatic carboxylic acids is 1. The Morgan fingerprint density at radius 1 is 1.44 bits per heavy atom. The molecular weight excluding hydrogens is 230 g/mol. The molecule has 1 N–H and O–H groups in total. The van der Waals surface area contributed by atoms with E-state index in [1.807, 2.05) is 0 Å². The monoisotopic (exact) mass is 243 g/mol. The lowest BCUT2D eigenvalue weighted by molar-refractivity contribution is -0.148. The molecule has 1 heterocycles. The lowest BCUT2D eigenvalue weighted by Crippen LogP contribution is -2.35. The largest absolute Gasteiger partial charge is 0.479 e. The van der Waals surface area contributed by atoms with Gasteiger partial charge in [0, 0.05) is 18.9 Å². The maximum atomic E-state index is 11.8. The first kappa shape index (κ1) is 12.2. The minimum Gasteiger partial charge on any atom is -0.479 e. The molecule has 1 fully saturated rings. The van der Waals surface area contributed by atoms with Crippen molar-refractivity contribution in [2.24, 2.45) is 5.92 Å². The molecular formula is C14H13NO3. The van der Waals surface area contributed by atoms with Crippen LogP contribution in [0, 0.1) is 18.3 Å². The van der Waals surface area contributed by atoms with Crippen LogP contribution in [0.25, 0.3) is 0 Å². The zero-order chi connectivity index (χ0) is 13.1. The minimum atomic E-state index is -1.03. The summed E-state index contributed by atoms with van der Waals surface area (Å²) in [6.45, 7) is 0.307. The van der Waals surface area contributed by atoms with E-state index in [9.17, 15) is 14.7 Å². The van der Waals surface area contributed by atoms with Crippen LogP contribution in [0.5, 0.6) is 0 Å². The van der Waals surface area contributed by atoms with E-state index in [-0.39, 0.29) is 18.2 Å². The molecule has 1 saturated heterocycles. The van der Waals surface area contributed by atoms with Gasteiger partial charge in [-0.3, -0.25) is 4.79 Å². The van der Waals surface area contributed by atoms with Crippen LogP contribution in [0.1, 0.15) is 18.0 Å². The fraction of sp³-hybridized carbons (Fsp3) is 0.286. The number of carbonyl (C=O) groups excluding carboxylic acids is 1. The molecule has 4 nitrogen and oxygen atoms in total. The van der Waals surface area contributed by atoms with Gasteiger partial charge in [0.1, 0.15) is 0 Å². The molecule has 92 valence electrons. The molecule has 1 unspecified atom stereocenters. The van der Waals surface area contributed by atoms with Crippen molar-refractivity contribution in [3.05, 3.63) is 35.9 Å². The van der Waals surface area contributed by atoms with Crippen LogP contribution in [0.15, 0.2) is 30.3 Å². The highest BCUT2D eigenvalue weighted by Gasteiger charge is 2.37. The van der Waals surface area contributed by atoms with E-state index in [1.54, 1.807) is 30.3 Å². The highest BCUT2D eigenvalue weighted by molar-refractivity contribution is 5.86. The van der Waals surface area contributed by atoms with Gasteiger partial charge in [0.15, 0.2) is 6.04 Å². The van der Waals surface area contributed by atoms with Crippen LogP contribution in [-0.4, -0.2) is 28.4 Å². The molecule has 1 aliphatic rings. The Kier molecular flexibility index (Phi) is 3.33. The highest BCUT2D eigenvalue weighted by Crippen LogP contribution is 2.28. The normalized spacial score (nSPS) is 20.5. The summed E-state index contributed by atoms with van der Waals surface area (Å²) >= 11 is 0. The Morgan fingerprint density at radius 2 is 2.11 bits per heavy atom. The SMILES string of the molecule is C#CC1CC(=O)N([C@@H](C(=O)O)c2ccccc2)C1. The van der Waals surface area contributed by atoms with Crippen molar-refractivity contribution >= 4 is 11.9 Å². The van der Waals surface area contributed by atoms with Crippen molar-refractivity contribution in [1.29, 1.82) is 0 Å². The smallest absolute Gasteiger partial charge is 0.331 e. The van der Waals surface area contributed by atoms with Crippen molar-refractivity contribution in [1.82, 2.24) is 4.90 Å². The van der Waals surface area contributed by atoms with Crippen molar-refractivity contribution in [2.45, 2.75) is 12.5 Å². The summed E-state index contributed by atoms with van der Waals surface area (Å²) < 4.78 is 0. The van der Waals surface area contributed by atoms with Crippen molar-refractivity contribution in [3.8, 4) is 12.3 Å². The summed E-state index contributed by atoms with van der Waals surface area (Å²) in [5.74, 6) is 1.09. The Bertz CT molecular complexity index is 504. The lowest BCUT2D eigenvalue weighted by atomic mass is 10.1. The molecule has 2 rings (SSSR count). The molecule has 1 aromatic carbocycles. The Balaban J connectivity index is 2.31. The zero-order valence-electron chi connectivity index (χ0n) is 9.74. The first-order valence-corrected chi connectivity index (χ1v) is 5.67. The van der Waals surface area contributed by atoms with Gasteiger partial charge in [-0.1, -0.05) is 30.3 Å². The molecule has 0 saturated carbocycles. The number of carboxylic acids is 1. The van der Waals surface area contributed by atoms with E-state index in [0.717, 1.165) is 0 Å². The fourth-order valence-corrected chi connectivity index (χ4v) is 2.18. The second-order valence-electron chi connectivity index (χ2n) is 4.27. The minimum absolute atomic E-state index is 0.192. The Labute approximate surface area is 105 Å². The van der Waals surface area contributed by atoms with E-state index < -0.39 is 12.0 Å². The van der Waals surface area contributed by atoms with E-state index in [4.69, 9.17) is 6.42 Å². The van der Waals surface area contributed by atoms with Crippen LogP contribution >= 0.6 is 0 Å². The van der Waals surface area contributed by atoms with Gasteiger partial charge < -0.3 is 10.0 Å². The van der Waals surface area contributed by atoms with E-state index in [0.29, 0.717) is 12.1 Å². The summed E-state index contributed by atoms with van der Waals surface area (Å²) in [6, 6.07) is 7.77. The second kappa shape index (κ2) is 4.92. The van der Waals surface area contributed by atoms with Crippen molar-refractivity contribution in [3.63, 3.8) is 0 Å². The van der Waals surface area contributed by atoms with Gasteiger partial charge in [-0.05, 0) is 5.56 Å². The summed E-state index contributed by atoms with van der Waals surface area (Å²) in [7, 11) is 0. The molecule has 0 bridgehead atoms. The average Bonchev–Trinajstić information content (AvgIpc) is 2.72. The van der Waals surface area contributed by atoms with Gasteiger partial charge in [-0.25, -0.2) is 4.79 Å². The molecule has 0 radical (unpaired) electrons. The summed E-state index contributed by atoms with van der Waals surface area (Å²) in [6.07, 6.45) is 5.53. The number of likely N-dealkylation sites (tertiary alicyclic amines) is 1. The molecule has 1 aliphatic heterocycles. The van der Waals surface area contributed by atoms with Crippen LogP contribution in [0.4, 0.5) is 0 Å². The third-order valence-corrected chi connectivity index (χ3v) is 3.06. The van der Waals surface area contributed by atoms with Gasteiger partial charge in [0.05, 0.1) is 0 Å². The molecule has 1 amide bonds. The number of amides is 1. The number of rotatable bonds is 3. The summed E-state index contributed by atoms with van der Waals surface area (Å²) in [4.78, 5) is 24.6. The third kappa shape index (κ3) is 2.21. The first-order valence-electron chi connectivity index (χ1n) is 5.67. The molecule has 4 heteroatoms. The maximum Gasteiger partial charge on any atom is 0.331 e. The predicted octanol–water partition coefficient (Wildman–Crippen LogP) is 1.29. The topological polar surface area (TPSA) is 57.6 Å². The quantitative estimate of drug-likeness (QED) is 0.814. The molecule has 2 atom stereocenters. The van der Waals surface area contributed by atoms with Crippen LogP contribution in [0.2, 0.25) is 0 Å².